The highest BCUT2D eigenvalue weighted by atomic mass is 35.5. The summed E-state index contributed by atoms with van der Waals surface area (Å²) in [6.07, 6.45) is -0.0105. The van der Waals surface area contributed by atoms with Gasteiger partial charge in [-0.2, -0.15) is 0 Å². The molecule has 2 rings (SSSR count). The van der Waals surface area contributed by atoms with Crippen LogP contribution in [0.3, 0.4) is 0 Å². The largest absolute Gasteiger partial charge is 0.294 e. The zero-order valence-electron chi connectivity index (χ0n) is 8.84. The number of benzene rings is 1. The Labute approximate surface area is 122 Å². The summed E-state index contributed by atoms with van der Waals surface area (Å²) >= 11 is 18.6. The second kappa shape index (κ2) is 5.57. The molecule has 94 valence electrons. The normalized spacial score (nSPS) is 10.7. The van der Waals surface area contributed by atoms with E-state index in [2.05, 4.69) is 0 Å². The standard InChI is InChI=1S/C12H6Cl3FOS/c13-10-5-7(12(15)18-10)9(17)4-6-2-1-3-8(16)11(6)14/h1-3,5H,4H2. The van der Waals surface area contributed by atoms with Gasteiger partial charge in [0.05, 0.1) is 9.36 Å². The highest BCUT2D eigenvalue weighted by molar-refractivity contribution is 7.20. The first-order valence-electron chi connectivity index (χ1n) is 4.90. The second-order valence-electron chi connectivity index (χ2n) is 3.55. The number of Topliss-reactive ketones (excluding diaryl/α,β-unsaturated/α-hetero) is 1. The summed E-state index contributed by atoms with van der Waals surface area (Å²) in [5.41, 5.74) is 0.770. The number of carbonyl (C=O) groups excluding carboxylic acids is 1. The van der Waals surface area contributed by atoms with Crippen LogP contribution in [0.15, 0.2) is 24.3 Å². The molecule has 1 aromatic heterocycles. The molecule has 0 spiro atoms. The van der Waals surface area contributed by atoms with Gasteiger partial charge in [0.25, 0.3) is 0 Å². The van der Waals surface area contributed by atoms with E-state index in [4.69, 9.17) is 34.8 Å². The predicted octanol–water partition coefficient (Wildman–Crippen LogP) is 5.27. The Morgan fingerprint density at radius 1 is 1.28 bits per heavy atom. The van der Waals surface area contributed by atoms with Crippen LogP contribution in [0.1, 0.15) is 15.9 Å². The van der Waals surface area contributed by atoms with Crippen molar-refractivity contribution < 1.29 is 9.18 Å². The maximum atomic E-state index is 13.2. The van der Waals surface area contributed by atoms with Gasteiger partial charge in [0.15, 0.2) is 5.78 Å². The molecule has 0 saturated carbocycles. The number of thiophene rings is 1. The second-order valence-corrected chi connectivity index (χ2v) is 6.21. The van der Waals surface area contributed by atoms with Crippen LogP contribution in [0.4, 0.5) is 4.39 Å². The number of hydrogen-bond donors (Lipinski definition) is 0. The van der Waals surface area contributed by atoms with Crippen molar-refractivity contribution in [3.63, 3.8) is 0 Å². The lowest BCUT2D eigenvalue weighted by Gasteiger charge is -2.03. The van der Waals surface area contributed by atoms with E-state index in [0.29, 0.717) is 19.8 Å². The third-order valence-corrected chi connectivity index (χ3v) is 4.25. The number of rotatable bonds is 3. The lowest BCUT2D eigenvalue weighted by Crippen LogP contribution is -2.03. The first-order chi connectivity index (χ1) is 8.49. The van der Waals surface area contributed by atoms with E-state index in [9.17, 15) is 9.18 Å². The fourth-order valence-electron chi connectivity index (χ4n) is 1.48. The summed E-state index contributed by atoms with van der Waals surface area (Å²) in [5.74, 6) is -0.785. The predicted molar refractivity (Wildman–Crippen MR) is 73.8 cm³/mol. The fraction of sp³-hybridized carbons (Fsp3) is 0.0833. The van der Waals surface area contributed by atoms with Crippen LogP contribution in [-0.4, -0.2) is 5.78 Å². The molecular weight excluding hydrogens is 318 g/mol. The van der Waals surface area contributed by atoms with E-state index in [1.807, 2.05) is 0 Å². The molecule has 1 nitrogen and oxygen atoms in total. The van der Waals surface area contributed by atoms with Gasteiger partial charge in [-0.15, -0.1) is 11.3 Å². The highest BCUT2D eigenvalue weighted by Gasteiger charge is 2.16. The van der Waals surface area contributed by atoms with Gasteiger partial charge in [-0.25, -0.2) is 4.39 Å². The average molecular weight is 324 g/mol. The van der Waals surface area contributed by atoms with Gasteiger partial charge in [0.2, 0.25) is 0 Å². The first kappa shape index (κ1) is 13.8. The zero-order valence-corrected chi connectivity index (χ0v) is 11.9. The van der Waals surface area contributed by atoms with Crippen LogP contribution >= 0.6 is 46.1 Å². The van der Waals surface area contributed by atoms with Crippen LogP contribution < -0.4 is 0 Å². The summed E-state index contributed by atoms with van der Waals surface area (Å²) in [6, 6.07) is 5.85. The monoisotopic (exact) mass is 322 g/mol. The van der Waals surface area contributed by atoms with Gasteiger partial charge in [0.1, 0.15) is 10.2 Å². The van der Waals surface area contributed by atoms with Crippen LogP contribution in [0.5, 0.6) is 0 Å². The molecule has 0 radical (unpaired) electrons. The number of hydrogen-bond acceptors (Lipinski definition) is 2. The Morgan fingerprint density at radius 2 is 2.00 bits per heavy atom. The molecule has 2 aromatic rings. The lowest BCUT2D eigenvalue weighted by molar-refractivity contribution is 0.0993. The van der Waals surface area contributed by atoms with Gasteiger partial charge >= 0.3 is 0 Å². The Balaban J connectivity index is 2.27. The number of halogens is 4. The van der Waals surface area contributed by atoms with Gasteiger partial charge in [-0.1, -0.05) is 46.9 Å². The van der Waals surface area contributed by atoms with Crippen LogP contribution in [0.2, 0.25) is 13.7 Å². The van der Waals surface area contributed by atoms with Crippen LogP contribution in [0.25, 0.3) is 0 Å². The molecule has 0 aliphatic carbocycles. The summed E-state index contributed by atoms with van der Waals surface area (Å²) in [7, 11) is 0. The molecule has 1 aromatic carbocycles. The van der Waals surface area contributed by atoms with Crippen molar-refractivity contribution in [2.75, 3.05) is 0 Å². The third kappa shape index (κ3) is 2.86. The van der Waals surface area contributed by atoms with Crippen LogP contribution in [-0.2, 0) is 6.42 Å². The molecule has 1 heterocycles. The minimum absolute atomic E-state index is 0.0105. The number of ketones is 1. The molecular formula is C12H6Cl3FOS. The zero-order chi connectivity index (χ0) is 13.3. The summed E-state index contributed by atoms with van der Waals surface area (Å²) in [4.78, 5) is 12.0. The Hall–Kier alpha value is -0.610. The maximum Gasteiger partial charge on any atom is 0.169 e. The van der Waals surface area contributed by atoms with Gasteiger partial charge in [-0.05, 0) is 17.7 Å². The molecule has 18 heavy (non-hydrogen) atoms. The molecule has 0 fully saturated rings. The molecule has 0 saturated heterocycles. The SMILES string of the molecule is O=C(Cc1cccc(F)c1Cl)c1cc(Cl)sc1Cl. The summed E-state index contributed by atoms with van der Waals surface area (Å²) < 4.78 is 14.0. The topological polar surface area (TPSA) is 17.1 Å². The van der Waals surface area contributed by atoms with Crippen molar-refractivity contribution >= 4 is 51.9 Å². The summed E-state index contributed by atoms with van der Waals surface area (Å²) in [5, 5.41) is -0.0386. The van der Waals surface area contributed by atoms with Crippen molar-refractivity contribution in [1.29, 1.82) is 0 Å². The molecule has 0 aliphatic heterocycles. The Bertz CT molecular complexity index is 609. The third-order valence-electron chi connectivity index (χ3n) is 2.34. The highest BCUT2D eigenvalue weighted by Crippen LogP contribution is 2.32. The van der Waals surface area contributed by atoms with E-state index in [1.165, 1.54) is 18.2 Å². The minimum Gasteiger partial charge on any atom is -0.294 e. The van der Waals surface area contributed by atoms with E-state index in [1.54, 1.807) is 6.07 Å². The number of carbonyl (C=O) groups is 1. The quantitative estimate of drug-likeness (QED) is 0.703. The van der Waals surface area contributed by atoms with E-state index in [0.717, 1.165) is 11.3 Å². The molecule has 0 N–H and O–H groups in total. The smallest absolute Gasteiger partial charge is 0.169 e. The minimum atomic E-state index is -0.545. The molecule has 0 aliphatic rings. The van der Waals surface area contributed by atoms with Crippen LogP contribution in [0, 0.1) is 5.82 Å². The molecule has 0 unspecified atom stereocenters. The first-order valence-corrected chi connectivity index (χ1v) is 6.85. The van der Waals surface area contributed by atoms with Crippen molar-refractivity contribution in [3.8, 4) is 0 Å². The fourth-order valence-corrected chi connectivity index (χ4v) is 3.18. The van der Waals surface area contributed by atoms with Gasteiger partial charge in [0, 0.05) is 12.0 Å². The van der Waals surface area contributed by atoms with Crippen molar-refractivity contribution in [1.82, 2.24) is 0 Å². The average Bonchev–Trinajstić information content (AvgIpc) is 2.64. The van der Waals surface area contributed by atoms with Crippen molar-refractivity contribution in [2.45, 2.75) is 6.42 Å². The molecule has 6 heteroatoms. The van der Waals surface area contributed by atoms with Gasteiger partial charge < -0.3 is 0 Å². The van der Waals surface area contributed by atoms with E-state index in [-0.39, 0.29) is 17.2 Å². The molecule has 0 bridgehead atoms. The van der Waals surface area contributed by atoms with Crippen molar-refractivity contribution in [2.24, 2.45) is 0 Å². The van der Waals surface area contributed by atoms with Crippen molar-refractivity contribution in [3.05, 3.63) is 54.9 Å². The van der Waals surface area contributed by atoms with Gasteiger partial charge in [-0.3, -0.25) is 4.79 Å². The Kier molecular flexibility index (Phi) is 4.28. The molecule has 0 atom stereocenters. The summed E-state index contributed by atoms with van der Waals surface area (Å²) in [6.45, 7) is 0. The van der Waals surface area contributed by atoms with E-state index < -0.39 is 5.82 Å². The lowest BCUT2D eigenvalue weighted by atomic mass is 10.1. The van der Waals surface area contributed by atoms with E-state index >= 15 is 0 Å². The molecule has 0 amide bonds. The Morgan fingerprint density at radius 3 is 2.61 bits per heavy atom. The maximum absolute atomic E-state index is 13.2.